The molecule has 0 aliphatic heterocycles. The summed E-state index contributed by atoms with van der Waals surface area (Å²) in [6.45, 7) is 0. The maximum absolute atomic E-state index is 13.7. The van der Waals surface area contributed by atoms with Crippen LogP contribution in [-0.2, 0) is 4.79 Å². The van der Waals surface area contributed by atoms with Crippen molar-refractivity contribution in [3.05, 3.63) is 59.4 Å². The Morgan fingerprint density at radius 3 is 2.40 bits per heavy atom. The molecule has 2 aromatic rings. The van der Waals surface area contributed by atoms with Gasteiger partial charge in [0.2, 0.25) is 0 Å². The summed E-state index contributed by atoms with van der Waals surface area (Å²) in [4.78, 5) is 10.8. The van der Waals surface area contributed by atoms with Gasteiger partial charge >= 0.3 is 5.97 Å². The van der Waals surface area contributed by atoms with Crippen LogP contribution in [0.15, 0.2) is 36.4 Å². The van der Waals surface area contributed by atoms with Crippen molar-refractivity contribution in [1.82, 2.24) is 0 Å². The first-order valence-electron chi connectivity index (χ1n) is 5.56. The van der Waals surface area contributed by atoms with Crippen LogP contribution in [0.25, 0.3) is 11.1 Å². The zero-order chi connectivity index (χ0) is 14.9. The van der Waals surface area contributed by atoms with Gasteiger partial charge in [-0.2, -0.15) is 0 Å². The highest BCUT2D eigenvalue weighted by Gasteiger charge is 2.23. The minimum absolute atomic E-state index is 0.0849. The summed E-state index contributed by atoms with van der Waals surface area (Å²) in [6.07, 6.45) is -2.04. The SMILES string of the molecule is O=C(O)C(O)c1cc(F)ccc1-c1cccc(F)c1F. The molecule has 2 N–H and O–H groups in total. The van der Waals surface area contributed by atoms with Crippen LogP contribution in [0.4, 0.5) is 13.2 Å². The molecule has 0 spiro atoms. The van der Waals surface area contributed by atoms with Crippen LogP contribution in [0.1, 0.15) is 11.7 Å². The Morgan fingerprint density at radius 2 is 1.75 bits per heavy atom. The highest BCUT2D eigenvalue weighted by molar-refractivity contribution is 5.79. The van der Waals surface area contributed by atoms with Gasteiger partial charge in [-0.1, -0.05) is 18.2 Å². The normalized spacial score (nSPS) is 12.2. The molecule has 3 nitrogen and oxygen atoms in total. The molecule has 0 aliphatic rings. The third-order valence-electron chi connectivity index (χ3n) is 2.78. The number of halogens is 3. The Balaban J connectivity index is 2.68. The fourth-order valence-corrected chi connectivity index (χ4v) is 1.85. The summed E-state index contributed by atoms with van der Waals surface area (Å²) >= 11 is 0. The van der Waals surface area contributed by atoms with Crippen molar-refractivity contribution in [2.24, 2.45) is 0 Å². The van der Waals surface area contributed by atoms with Crippen molar-refractivity contribution in [1.29, 1.82) is 0 Å². The molecule has 6 heteroatoms. The molecule has 0 heterocycles. The van der Waals surface area contributed by atoms with E-state index in [1.807, 2.05) is 0 Å². The first-order valence-corrected chi connectivity index (χ1v) is 5.56. The van der Waals surface area contributed by atoms with E-state index < -0.39 is 29.5 Å². The maximum atomic E-state index is 13.7. The second kappa shape index (κ2) is 5.34. The van der Waals surface area contributed by atoms with Gasteiger partial charge in [0.15, 0.2) is 17.7 Å². The molecule has 2 aromatic carbocycles. The summed E-state index contributed by atoms with van der Waals surface area (Å²) in [5.41, 5.74) is -0.680. The predicted molar refractivity (Wildman–Crippen MR) is 64.3 cm³/mol. The number of aliphatic carboxylic acids is 1. The molecule has 104 valence electrons. The van der Waals surface area contributed by atoms with Gasteiger partial charge in [0.05, 0.1) is 0 Å². The lowest BCUT2D eigenvalue weighted by Crippen LogP contribution is -2.12. The first-order chi connectivity index (χ1) is 9.41. The lowest BCUT2D eigenvalue weighted by molar-refractivity contribution is -0.146. The largest absolute Gasteiger partial charge is 0.479 e. The smallest absolute Gasteiger partial charge is 0.337 e. The fourth-order valence-electron chi connectivity index (χ4n) is 1.85. The van der Waals surface area contributed by atoms with Gasteiger partial charge in [-0.25, -0.2) is 18.0 Å². The van der Waals surface area contributed by atoms with Crippen molar-refractivity contribution < 1.29 is 28.2 Å². The summed E-state index contributed by atoms with van der Waals surface area (Å²) < 4.78 is 40.1. The summed E-state index contributed by atoms with van der Waals surface area (Å²) in [5.74, 6) is -4.73. The molecule has 0 aromatic heterocycles. The van der Waals surface area contributed by atoms with Gasteiger partial charge in [0.25, 0.3) is 0 Å². The Labute approximate surface area is 111 Å². The lowest BCUT2D eigenvalue weighted by Gasteiger charge is -2.13. The van der Waals surface area contributed by atoms with Crippen LogP contribution in [0.3, 0.4) is 0 Å². The van der Waals surface area contributed by atoms with Gasteiger partial charge in [-0.05, 0) is 23.8 Å². The van der Waals surface area contributed by atoms with E-state index in [0.717, 1.165) is 24.3 Å². The number of aliphatic hydroxyl groups is 1. The van der Waals surface area contributed by atoms with E-state index in [1.54, 1.807) is 0 Å². The van der Waals surface area contributed by atoms with Crippen molar-refractivity contribution in [2.45, 2.75) is 6.10 Å². The maximum Gasteiger partial charge on any atom is 0.337 e. The molecule has 0 aliphatic carbocycles. The van der Waals surface area contributed by atoms with Crippen LogP contribution in [0.2, 0.25) is 0 Å². The monoisotopic (exact) mass is 282 g/mol. The van der Waals surface area contributed by atoms with E-state index in [-0.39, 0.29) is 16.7 Å². The average Bonchev–Trinajstić information content (AvgIpc) is 2.41. The Bertz CT molecular complexity index is 671. The molecule has 0 saturated carbocycles. The molecule has 0 amide bonds. The standard InChI is InChI=1S/C14H9F3O3/c15-7-4-5-8(10(6-7)13(18)14(19)20)9-2-1-3-11(16)12(9)17/h1-6,13,18H,(H,19,20). The van der Waals surface area contributed by atoms with E-state index in [0.29, 0.717) is 0 Å². The molecule has 0 fully saturated rings. The average molecular weight is 282 g/mol. The molecule has 0 radical (unpaired) electrons. The Morgan fingerprint density at radius 1 is 1.05 bits per heavy atom. The van der Waals surface area contributed by atoms with Crippen molar-refractivity contribution in [2.75, 3.05) is 0 Å². The second-order valence-corrected chi connectivity index (χ2v) is 4.07. The van der Waals surface area contributed by atoms with E-state index in [9.17, 15) is 23.1 Å². The molecule has 1 unspecified atom stereocenters. The van der Waals surface area contributed by atoms with E-state index in [1.165, 1.54) is 12.1 Å². The lowest BCUT2D eigenvalue weighted by atomic mass is 9.95. The Hall–Kier alpha value is -2.34. The molecule has 0 saturated heterocycles. The topological polar surface area (TPSA) is 57.5 Å². The number of aliphatic hydroxyl groups excluding tert-OH is 1. The summed E-state index contributed by atoms with van der Waals surface area (Å²) in [7, 11) is 0. The Kier molecular flexibility index (Phi) is 3.76. The summed E-state index contributed by atoms with van der Waals surface area (Å²) in [5, 5.41) is 18.3. The van der Waals surface area contributed by atoms with Crippen LogP contribution < -0.4 is 0 Å². The van der Waals surface area contributed by atoms with Crippen LogP contribution in [0.5, 0.6) is 0 Å². The second-order valence-electron chi connectivity index (χ2n) is 4.07. The van der Waals surface area contributed by atoms with Crippen molar-refractivity contribution in [3.8, 4) is 11.1 Å². The minimum Gasteiger partial charge on any atom is -0.479 e. The number of carbonyl (C=O) groups is 1. The molecular formula is C14H9F3O3. The zero-order valence-electron chi connectivity index (χ0n) is 9.98. The minimum atomic E-state index is -2.04. The van der Waals surface area contributed by atoms with Gasteiger partial charge in [-0.15, -0.1) is 0 Å². The van der Waals surface area contributed by atoms with E-state index in [2.05, 4.69) is 0 Å². The van der Waals surface area contributed by atoms with Gasteiger partial charge in [0.1, 0.15) is 5.82 Å². The number of hydrogen-bond acceptors (Lipinski definition) is 2. The van der Waals surface area contributed by atoms with Gasteiger partial charge < -0.3 is 10.2 Å². The van der Waals surface area contributed by atoms with Gasteiger partial charge in [-0.3, -0.25) is 0 Å². The van der Waals surface area contributed by atoms with Crippen LogP contribution >= 0.6 is 0 Å². The number of hydrogen-bond donors (Lipinski definition) is 2. The molecular weight excluding hydrogens is 273 g/mol. The third-order valence-corrected chi connectivity index (χ3v) is 2.78. The highest BCUT2D eigenvalue weighted by Crippen LogP contribution is 2.31. The fraction of sp³-hybridized carbons (Fsp3) is 0.0714. The van der Waals surface area contributed by atoms with Crippen molar-refractivity contribution in [3.63, 3.8) is 0 Å². The number of benzene rings is 2. The number of rotatable bonds is 3. The number of carboxylic acids is 1. The molecule has 1 atom stereocenters. The van der Waals surface area contributed by atoms with E-state index >= 15 is 0 Å². The van der Waals surface area contributed by atoms with Crippen LogP contribution in [-0.4, -0.2) is 16.2 Å². The van der Waals surface area contributed by atoms with E-state index in [4.69, 9.17) is 5.11 Å². The molecule has 0 bridgehead atoms. The molecule has 2 rings (SSSR count). The summed E-state index contributed by atoms with van der Waals surface area (Å²) in [6, 6.07) is 6.18. The third kappa shape index (κ3) is 2.50. The van der Waals surface area contributed by atoms with Crippen molar-refractivity contribution >= 4 is 5.97 Å². The first kappa shape index (κ1) is 14.1. The molecule has 20 heavy (non-hydrogen) atoms. The highest BCUT2D eigenvalue weighted by atomic mass is 19.2. The van der Waals surface area contributed by atoms with Crippen LogP contribution in [0, 0.1) is 17.5 Å². The number of carboxylic acid groups (broad SMARTS) is 1. The van der Waals surface area contributed by atoms with Gasteiger partial charge in [0, 0.05) is 11.1 Å². The zero-order valence-corrected chi connectivity index (χ0v) is 9.98. The predicted octanol–water partition coefficient (Wildman–Crippen LogP) is 2.89. The quantitative estimate of drug-likeness (QED) is 0.910.